The van der Waals surface area contributed by atoms with E-state index in [4.69, 9.17) is 4.74 Å². The van der Waals surface area contributed by atoms with Gasteiger partial charge in [0.2, 0.25) is 0 Å². The van der Waals surface area contributed by atoms with Gasteiger partial charge in [-0.25, -0.2) is 0 Å². The molecule has 7 nitrogen and oxygen atoms in total. The number of non-ortho nitro benzene ring substituents is 1. The van der Waals surface area contributed by atoms with E-state index in [-0.39, 0.29) is 11.3 Å². The average Bonchev–Trinajstić information content (AvgIpc) is 2.52. The standard InChI is InChI=1S/C16H16N4O3/c1-18-15(19(2)10-17)13-9-16(6-3-7-16)23-14-5-4-11(20(21)22)8-12(13)14/h4-5,8-9H,3,6-7H2,1-2H3. The average molecular weight is 312 g/mol. The van der Waals surface area contributed by atoms with Crippen LogP contribution < -0.4 is 4.74 Å². The van der Waals surface area contributed by atoms with E-state index < -0.39 is 4.92 Å². The van der Waals surface area contributed by atoms with E-state index in [9.17, 15) is 15.4 Å². The van der Waals surface area contributed by atoms with Gasteiger partial charge in [0.05, 0.1) is 4.92 Å². The Kier molecular flexibility index (Phi) is 3.52. The molecule has 118 valence electrons. The van der Waals surface area contributed by atoms with Crippen LogP contribution in [-0.2, 0) is 0 Å². The second-order valence-electron chi connectivity index (χ2n) is 5.72. The van der Waals surface area contributed by atoms with Gasteiger partial charge in [-0.15, -0.1) is 0 Å². The summed E-state index contributed by atoms with van der Waals surface area (Å²) in [5, 5.41) is 20.3. The van der Waals surface area contributed by atoms with Crippen LogP contribution >= 0.6 is 0 Å². The van der Waals surface area contributed by atoms with Gasteiger partial charge in [0.1, 0.15) is 17.2 Å². The normalized spacial score (nSPS) is 18.1. The van der Waals surface area contributed by atoms with Crippen LogP contribution in [0.5, 0.6) is 5.75 Å². The summed E-state index contributed by atoms with van der Waals surface area (Å²) in [5.74, 6) is 1.07. The maximum atomic E-state index is 11.1. The molecule has 0 bridgehead atoms. The number of ether oxygens (including phenoxy) is 1. The van der Waals surface area contributed by atoms with E-state index in [1.807, 2.05) is 12.3 Å². The van der Waals surface area contributed by atoms with E-state index in [0.29, 0.717) is 22.7 Å². The number of nitriles is 1. The highest BCUT2D eigenvalue weighted by molar-refractivity contribution is 6.24. The molecule has 1 aliphatic heterocycles. The molecule has 1 aromatic rings. The smallest absolute Gasteiger partial charge is 0.270 e. The highest BCUT2D eigenvalue weighted by Gasteiger charge is 2.42. The minimum atomic E-state index is -0.442. The SMILES string of the molecule is CN=C(C1=CC2(CCC2)Oc2ccc([N+](=O)[O-])cc21)N(C)C#N. The summed E-state index contributed by atoms with van der Waals surface area (Å²) in [5.41, 5.74) is 0.906. The molecule has 7 heteroatoms. The molecule has 0 unspecified atom stereocenters. The van der Waals surface area contributed by atoms with Gasteiger partial charge in [0.25, 0.3) is 5.69 Å². The first-order valence-corrected chi connectivity index (χ1v) is 7.31. The summed E-state index contributed by atoms with van der Waals surface area (Å²) in [6.07, 6.45) is 6.84. The predicted octanol–water partition coefficient (Wildman–Crippen LogP) is 2.73. The zero-order valence-electron chi connectivity index (χ0n) is 12.9. The van der Waals surface area contributed by atoms with E-state index >= 15 is 0 Å². The first-order chi connectivity index (χ1) is 11.0. The topological polar surface area (TPSA) is 91.8 Å². The van der Waals surface area contributed by atoms with Crippen LogP contribution in [0.1, 0.15) is 24.8 Å². The van der Waals surface area contributed by atoms with Gasteiger partial charge in [-0.2, -0.15) is 5.26 Å². The molecule has 1 heterocycles. The molecule has 1 aromatic carbocycles. The van der Waals surface area contributed by atoms with Crippen LogP contribution in [0.2, 0.25) is 0 Å². The molecular formula is C16H16N4O3. The fraction of sp³-hybridized carbons (Fsp3) is 0.375. The molecule has 1 aliphatic carbocycles. The predicted molar refractivity (Wildman–Crippen MR) is 85.0 cm³/mol. The molecule has 0 atom stereocenters. The van der Waals surface area contributed by atoms with Crippen molar-refractivity contribution in [1.29, 1.82) is 5.26 Å². The van der Waals surface area contributed by atoms with E-state index in [1.54, 1.807) is 20.2 Å². The van der Waals surface area contributed by atoms with Crippen molar-refractivity contribution < 1.29 is 9.66 Å². The number of hydrogen-bond donors (Lipinski definition) is 0. The molecule has 23 heavy (non-hydrogen) atoms. The van der Waals surface area contributed by atoms with Gasteiger partial charge < -0.3 is 4.74 Å². The maximum absolute atomic E-state index is 11.1. The Hall–Kier alpha value is -2.88. The Labute approximate surface area is 133 Å². The Balaban J connectivity index is 2.17. The van der Waals surface area contributed by atoms with Crippen molar-refractivity contribution >= 4 is 17.1 Å². The minimum Gasteiger partial charge on any atom is -0.483 e. The number of aliphatic imine (C=N–C) groups is 1. The third kappa shape index (κ3) is 2.42. The third-order valence-corrected chi connectivity index (χ3v) is 4.31. The van der Waals surface area contributed by atoms with Gasteiger partial charge in [0.15, 0.2) is 6.19 Å². The van der Waals surface area contributed by atoms with Crippen molar-refractivity contribution in [2.75, 3.05) is 14.1 Å². The zero-order valence-corrected chi connectivity index (χ0v) is 12.9. The molecule has 2 aliphatic rings. The molecule has 0 aromatic heterocycles. The van der Waals surface area contributed by atoms with E-state index in [1.165, 1.54) is 17.0 Å². The van der Waals surface area contributed by atoms with Crippen molar-refractivity contribution in [2.24, 2.45) is 4.99 Å². The highest BCUT2D eigenvalue weighted by Crippen LogP contribution is 2.46. The molecule has 3 rings (SSSR count). The number of nitro benzene ring substituents is 1. The Morgan fingerprint density at radius 3 is 2.78 bits per heavy atom. The van der Waals surface area contributed by atoms with Gasteiger partial charge >= 0.3 is 0 Å². The number of hydrogen-bond acceptors (Lipinski definition) is 5. The quantitative estimate of drug-likeness (QED) is 0.209. The summed E-state index contributed by atoms with van der Waals surface area (Å²) < 4.78 is 6.07. The lowest BCUT2D eigenvalue weighted by Crippen LogP contribution is -2.44. The largest absolute Gasteiger partial charge is 0.483 e. The van der Waals surface area contributed by atoms with Crippen molar-refractivity contribution in [3.8, 4) is 11.9 Å². The fourth-order valence-corrected chi connectivity index (χ4v) is 2.98. The lowest BCUT2D eigenvalue weighted by molar-refractivity contribution is -0.384. The van der Waals surface area contributed by atoms with Crippen molar-refractivity contribution in [3.63, 3.8) is 0 Å². The minimum absolute atomic E-state index is 0.0159. The van der Waals surface area contributed by atoms with Crippen molar-refractivity contribution in [3.05, 3.63) is 40.0 Å². The maximum Gasteiger partial charge on any atom is 0.270 e. The monoisotopic (exact) mass is 312 g/mol. The lowest BCUT2D eigenvalue weighted by Gasteiger charge is -2.43. The molecule has 0 radical (unpaired) electrons. The van der Waals surface area contributed by atoms with Gasteiger partial charge in [0, 0.05) is 37.4 Å². The zero-order chi connectivity index (χ0) is 16.6. The van der Waals surface area contributed by atoms with Crippen LogP contribution in [0.25, 0.3) is 5.57 Å². The molecule has 1 fully saturated rings. The Morgan fingerprint density at radius 1 is 1.52 bits per heavy atom. The number of nitrogens with zero attached hydrogens (tertiary/aromatic N) is 4. The number of benzene rings is 1. The Morgan fingerprint density at radius 2 is 2.26 bits per heavy atom. The van der Waals surface area contributed by atoms with Crippen molar-refractivity contribution in [1.82, 2.24) is 4.90 Å². The van der Waals surface area contributed by atoms with E-state index in [0.717, 1.165) is 19.3 Å². The summed E-state index contributed by atoms with van der Waals surface area (Å²) in [4.78, 5) is 16.2. The van der Waals surface area contributed by atoms with Crippen LogP contribution in [0.3, 0.4) is 0 Å². The summed E-state index contributed by atoms with van der Waals surface area (Å²) in [7, 11) is 3.22. The fourth-order valence-electron chi connectivity index (χ4n) is 2.98. The second-order valence-corrected chi connectivity index (χ2v) is 5.72. The Bertz CT molecular complexity index is 772. The van der Waals surface area contributed by atoms with Gasteiger partial charge in [-0.05, 0) is 31.4 Å². The van der Waals surface area contributed by atoms with Gasteiger partial charge in [-0.1, -0.05) is 0 Å². The van der Waals surface area contributed by atoms with Crippen LogP contribution in [0.15, 0.2) is 29.3 Å². The number of likely N-dealkylation sites (N-methyl/N-ethyl adjacent to an activating group) is 1. The third-order valence-electron chi connectivity index (χ3n) is 4.31. The molecule has 0 amide bonds. The van der Waals surface area contributed by atoms with Crippen molar-refractivity contribution in [2.45, 2.75) is 24.9 Å². The summed E-state index contributed by atoms with van der Waals surface area (Å²) in [6.45, 7) is 0. The second kappa shape index (κ2) is 5.39. The van der Waals surface area contributed by atoms with E-state index in [2.05, 4.69) is 4.99 Å². The van der Waals surface area contributed by atoms with Gasteiger partial charge in [-0.3, -0.25) is 20.0 Å². The van der Waals surface area contributed by atoms with Crippen LogP contribution in [-0.4, -0.2) is 35.4 Å². The molecular weight excluding hydrogens is 296 g/mol. The number of nitro groups is 1. The first-order valence-electron chi connectivity index (χ1n) is 7.31. The first kappa shape index (κ1) is 15.0. The molecule has 0 N–H and O–H groups in total. The lowest BCUT2D eigenvalue weighted by atomic mass is 9.76. The van der Waals surface area contributed by atoms with Crippen LogP contribution in [0, 0.1) is 21.6 Å². The number of rotatable bonds is 2. The summed E-state index contributed by atoms with van der Waals surface area (Å²) >= 11 is 0. The van der Waals surface area contributed by atoms with Crippen LogP contribution in [0.4, 0.5) is 5.69 Å². The number of amidine groups is 1. The highest BCUT2D eigenvalue weighted by atomic mass is 16.6. The molecule has 1 saturated carbocycles. The molecule has 1 spiro atoms. The summed E-state index contributed by atoms with van der Waals surface area (Å²) in [6, 6.07) is 4.54. The number of fused-ring (bicyclic) bond motifs is 1. The molecule has 0 saturated heterocycles.